The van der Waals surface area contributed by atoms with Crippen molar-refractivity contribution in [3.8, 4) is 0 Å². The molecule has 0 aliphatic heterocycles. The fourth-order valence-corrected chi connectivity index (χ4v) is 1.34. The number of carboxylic acid groups (broad SMARTS) is 2. The van der Waals surface area contributed by atoms with E-state index in [9.17, 15) is 0 Å². The third-order valence-corrected chi connectivity index (χ3v) is 3.02. The van der Waals surface area contributed by atoms with Gasteiger partial charge in [0.05, 0.1) is 26.4 Å². The second kappa shape index (κ2) is 26.3. The van der Waals surface area contributed by atoms with Gasteiger partial charge in [-0.25, -0.2) is 0 Å². The molecule has 0 saturated heterocycles. The zero-order valence-corrected chi connectivity index (χ0v) is 18.8. The molecule has 0 aromatic rings. The molecule has 180 valence electrons. The van der Waals surface area contributed by atoms with Crippen LogP contribution in [0.25, 0.3) is 0 Å². The van der Waals surface area contributed by atoms with Crippen LogP contribution in [0.15, 0.2) is 0 Å². The summed E-state index contributed by atoms with van der Waals surface area (Å²) in [4.78, 5) is 8.33. The summed E-state index contributed by atoms with van der Waals surface area (Å²) in [6.45, 7) is -2.90. The number of aliphatic hydroxyl groups is 12. The van der Waals surface area contributed by atoms with Crippen molar-refractivity contribution in [1.82, 2.24) is 0 Å². The molecule has 0 unspecified atom stereocenters. The SMILES string of the molecule is O=C([O-])[O-].OC[C@@H](O)[C@@H](O)[C@H](O)[C@@H](O)CO.OC[C@@H](O)[C@@H](O)[C@H](O)[C@H](O)CO.[Al+3].[Mg+2].[OH-]. The van der Waals surface area contributed by atoms with E-state index in [4.69, 9.17) is 76.3 Å². The first-order valence-electron chi connectivity index (χ1n) is 7.58. The molecule has 0 saturated carbocycles. The molecular formula is C13H29AlMgO16+2. The second-order valence-corrected chi connectivity index (χ2v) is 5.21. The summed E-state index contributed by atoms with van der Waals surface area (Å²) >= 11 is 0. The number of carbonyl (C=O) groups excluding carboxylic acids is 1. The molecule has 0 rings (SSSR count). The van der Waals surface area contributed by atoms with Crippen LogP contribution in [0.1, 0.15) is 0 Å². The van der Waals surface area contributed by atoms with E-state index < -0.39 is 81.4 Å². The Kier molecular flexibility index (Phi) is 37.9. The van der Waals surface area contributed by atoms with Gasteiger partial charge in [0.15, 0.2) is 0 Å². The van der Waals surface area contributed by atoms with Gasteiger partial charge in [-0.3, -0.25) is 0 Å². The molecule has 0 heterocycles. The predicted octanol–water partition coefficient (Wildman–Crippen LogP) is -10.6. The van der Waals surface area contributed by atoms with E-state index in [-0.39, 0.29) is 45.9 Å². The minimum Gasteiger partial charge on any atom is -0.870 e. The van der Waals surface area contributed by atoms with Gasteiger partial charge >= 0.3 is 40.4 Å². The summed E-state index contributed by atoms with van der Waals surface area (Å²) < 4.78 is 0. The zero-order valence-electron chi connectivity index (χ0n) is 16.3. The molecule has 0 radical (unpaired) electrons. The van der Waals surface area contributed by atoms with Crippen LogP contribution in [0.4, 0.5) is 4.79 Å². The van der Waals surface area contributed by atoms with Gasteiger partial charge in [0.1, 0.15) is 48.8 Å². The Labute approximate surface area is 203 Å². The Hall–Kier alpha value is 0.0487. The molecule has 0 aliphatic carbocycles. The van der Waals surface area contributed by atoms with Gasteiger partial charge in [-0.05, 0) is 6.16 Å². The van der Waals surface area contributed by atoms with E-state index in [2.05, 4.69) is 0 Å². The summed E-state index contributed by atoms with van der Waals surface area (Å²) in [6.07, 6.45) is -15.1. The average molecular weight is 493 g/mol. The van der Waals surface area contributed by atoms with Crippen LogP contribution in [0.5, 0.6) is 0 Å². The minimum atomic E-state index is -2.33. The number of hydrogen-bond donors (Lipinski definition) is 12. The summed E-state index contributed by atoms with van der Waals surface area (Å²) in [5, 5.41) is 121. The third-order valence-electron chi connectivity index (χ3n) is 3.02. The topological polar surface area (TPSA) is 336 Å². The fourth-order valence-electron chi connectivity index (χ4n) is 1.34. The van der Waals surface area contributed by atoms with Crippen molar-refractivity contribution in [3.63, 3.8) is 0 Å². The zero-order chi connectivity index (χ0) is 23.0. The number of aliphatic hydroxyl groups excluding tert-OH is 12. The Morgan fingerprint density at radius 1 is 0.548 bits per heavy atom. The average Bonchev–Trinajstić information content (AvgIpc) is 2.68. The van der Waals surface area contributed by atoms with Crippen LogP contribution in [0, 0.1) is 0 Å². The molecule has 13 N–H and O–H groups in total. The van der Waals surface area contributed by atoms with Gasteiger partial charge in [-0.2, -0.15) is 0 Å². The molecule has 8 atom stereocenters. The first-order valence-corrected chi connectivity index (χ1v) is 7.58. The molecule has 0 bridgehead atoms. The van der Waals surface area contributed by atoms with Gasteiger partial charge in [0.25, 0.3) is 0 Å². The van der Waals surface area contributed by atoms with Crippen LogP contribution in [0.3, 0.4) is 0 Å². The van der Waals surface area contributed by atoms with E-state index in [1.54, 1.807) is 0 Å². The molecule has 16 nitrogen and oxygen atoms in total. The van der Waals surface area contributed by atoms with Gasteiger partial charge < -0.3 is 81.8 Å². The molecule has 0 aliphatic rings. The molecular weight excluding hydrogens is 463 g/mol. The van der Waals surface area contributed by atoms with Gasteiger partial charge in [0.2, 0.25) is 0 Å². The molecule has 0 aromatic carbocycles. The number of hydrogen-bond acceptors (Lipinski definition) is 16. The van der Waals surface area contributed by atoms with Crippen molar-refractivity contribution in [2.45, 2.75) is 48.8 Å². The van der Waals surface area contributed by atoms with Crippen LogP contribution >= 0.6 is 0 Å². The van der Waals surface area contributed by atoms with E-state index in [1.165, 1.54) is 0 Å². The summed E-state index contributed by atoms with van der Waals surface area (Å²) in [5.41, 5.74) is 0. The second-order valence-electron chi connectivity index (χ2n) is 5.21. The molecule has 0 fully saturated rings. The molecule has 31 heavy (non-hydrogen) atoms. The maximum atomic E-state index is 8.96. The van der Waals surface area contributed by atoms with Crippen molar-refractivity contribution in [2.75, 3.05) is 26.4 Å². The van der Waals surface area contributed by atoms with Crippen LogP contribution in [0.2, 0.25) is 0 Å². The van der Waals surface area contributed by atoms with Crippen LogP contribution < -0.4 is 10.2 Å². The summed E-state index contributed by atoms with van der Waals surface area (Å²) in [6, 6.07) is 0. The fraction of sp³-hybridized carbons (Fsp3) is 0.923. The Balaban J connectivity index is -0.0000000793. The van der Waals surface area contributed by atoms with E-state index in [1.807, 2.05) is 0 Å². The van der Waals surface area contributed by atoms with Crippen molar-refractivity contribution >= 4 is 46.6 Å². The van der Waals surface area contributed by atoms with Crippen LogP contribution in [-0.4, -0.2) is 189 Å². The Morgan fingerprint density at radius 3 is 0.710 bits per heavy atom. The Morgan fingerprint density at radius 2 is 0.645 bits per heavy atom. The molecule has 0 spiro atoms. The Bertz CT molecular complexity index is 323. The maximum absolute atomic E-state index is 8.96. The van der Waals surface area contributed by atoms with Crippen molar-refractivity contribution < 1.29 is 81.8 Å². The van der Waals surface area contributed by atoms with Gasteiger partial charge in [-0.1, -0.05) is 0 Å². The van der Waals surface area contributed by atoms with Crippen molar-refractivity contribution in [3.05, 3.63) is 0 Å². The molecule has 0 amide bonds. The van der Waals surface area contributed by atoms with E-state index in [0.717, 1.165) is 0 Å². The van der Waals surface area contributed by atoms with Crippen LogP contribution in [-0.2, 0) is 0 Å². The largest absolute Gasteiger partial charge is 3.00 e. The minimum absolute atomic E-state index is 0. The van der Waals surface area contributed by atoms with E-state index >= 15 is 0 Å². The normalized spacial score (nSPS) is 17.4. The molecule has 0 aromatic heterocycles. The quantitative estimate of drug-likeness (QED) is 0.126. The molecule has 18 heteroatoms. The van der Waals surface area contributed by atoms with Gasteiger partial charge in [-0.15, -0.1) is 0 Å². The standard InChI is InChI=1S/2C6H14O6.CH2O3.Al.Mg.H2O/c2*7-1-3(9)5(11)6(12)4(10)2-8;2-1(3)4;;;/h2*3-12H,1-2H2;(H2,2,3,4);;;1H2/q;;;+3;+2;/p-3/t3-,4+,5-,6-;3-,4-,5-,6-;;;;/m11..../s1. The monoisotopic (exact) mass is 492 g/mol. The van der Waals surface area contributed by atoms with Gasteiger partial charge in [0, 0.05) is 0 Å². The summed E-state index contributed by atoms with van der Waals surface area (Å²) in [5.74, 6) is 0. The van der Waals surface area contributed by atoms with Crippen molar-refractivity contribution in [1.29, 1.82) is 0 Å². The van der Waals surface area contributed by atoms with E-state index in [0.29, 0.717) is 0 Å². The predicted molar refractivity (Wildman–Crippen MR) is 95.2 cm³/mol. The first kappa shape index (κ1) is 44.7. The summed E-state index contributed by atoms with van der Waals surface area (Å²) in [7, 11) is 0. The number of carbonyl (C=O) groups is 1. The smallest absolute Gasteiger partial charge is 0.870 e. The number of rotatable bonds is 10. The maximum Gasteiger partial charge on any atom is 3.00 e. The third kappa shape index (κ3) is 23.0. The van der Waals surface area contributed by atoms with Crippen molar-refractivity contribution in [2.24, 2.45) is 0 Å². The first-order chi connectivity index (χ1) is 12.8.